The zero-order valence-corrected chi connectivity index (χ0v) is 14.7. The van der Waals surface area contributed by atoms with E-state index in [0.29, 0.717) is 24.7 Å². The Labute approximate surface area is 152 Å². The van der Waals surface area contributed by atoms with Crippen LogP contribution in [0.2, 0.25) is 0 Å². The fourth-order valence-corrected chi connectivity index (χ4v) is 2.65. The van der Waals surface area contributed by atoms with Crippen LogP contribution in [-0.4, -0.2) is 18.2 Å². The first kappa shape index (κ1) is 17.9. The minimum atomic E-state index is -0.763. The molecule has 136 valence electrons. The number of rotatable bonds is 6. The molecule has 0 radical (unpaired) electrons. The second-order valence-electron chi connectivity index (χ2n) is 6.26. The largest absolute Gasteiger partial charge is 0.493 e. The lowest BCUT2D eigenvalue weighted by molar-refractivity contribution is 0.268. The topological polar surface area (TPSA) is 71.7 Å². The lowest BCUT2D eigenvalue weighted by atomic mass is 10.1. The normalized spacial score (nSPS) is 21.7. The van der Waals surface area contributed by atoms with Gasteiger partial charge in [-0.15, -0.1) is 0 Å². The Bertz CT molecular complexity index is 776. The molecule has 1 aliphatic heterocycles. The van der Waals surface area contributed by atoms with Crippen molar-refractivity contribution in [2.45, 2.75) is 25.0 Å². The molecule has 0 aromatic heterocycles. The molecule has 0 amide bonds. The first-order chi connectivity index (χ1) is 12.5. The van der Waals surface area contributed by atoms with Gasteiger partial charge in [-0.3, -0.25) is 0 Å². The van der Waals surface area contributed by atoms with E-state index in [1.54, 1.807) is 18.3 Å². The summed E-state index contributed by atoms with van der Waals surface area (Å²) in [7, 11) is 0. The number of benzene rings is 2. The molecule has 0 spiro atoms. The van der Waals surface area contributed by atoms with Crippen molar-refractivity contribution in [3.63, 3.8) is 0 Å². The molecular weight excluding hydrogens is 331 g/mol. The molecule has 1 aliphatic rings. The monoisotopic (exact) mass is 354 g/mol. The van der Waals surface area contributed by atoms with Gasteiger partial charge in [0.1, 0.15) is 17.2 Å². The quantitative estimate of drug-likeness (QED) is 0.745. The number of nitrogens with one attached hydrogen (secondary N) is 2. The second kappa shape index (κ2) is 8.01. The van der Waals surface area contributed by atoms with E-state index in [0.717, 1.165) is 5.56 Å². The number of nitrogens with zero attached hydrogens (tertiary/aromatic N) is 1. The third-order valence-electron chi connectivity index (χ3n) is 4.15. The van der Waals surface area contributed by atoms with Gasteiger partial charge >= 0.3 is 0 Å². The summed E-state index contributed by atoms with van der Waals surface area (Å²) in [5, 5.41) is 6.30. The molecule has 6 heteroatoms. The third kappa shape index (κ3) is 4.83. The number of aliphatic imine (C=N–C) groups is 1. The molecule has 2 aromatic carbocycles. The van der Waals surface area contributed by atoms with Gasteiger partial charge < -0.3 is 21.1 Å². The fourth-order valence-electron chi connectivity index (χ4n) is 2.65. The van der Waals surface area contributed by atoms with Crippen molar-refractivity contribution in [2.75, 3.05) is 6.61 Å². The smallest absolute Gasteiger partial charge is 0.197 e. The average Bonchev–Trinajstić information content (AvgIpc) is 2.64. The van der Waals surface area contributed by atoms with Gasteiger partial charge in [-0.25, -0.2) is 9.38 Å². The van der Waals surface area contributed by atoms with Crippen LogP contribution in [0.3, 0.4) is 0 Å². The zero-order chi connectivity index (χ0) is 18.4. The molecule has 0 saturated carbocycles. The summed E-state index contributed by atoms with van der Waals surface area (Å²) in [5.74, 6) is 0.941. The lowest BCUT2D eigenvalue weighted by Gasteiger charge is -2.32. The van der Waals surface area contributed by atoms with Crippen LogP contribution >= 0.6 is 0 Å². The van der Waals surface area contributed by atoms with Gasteiger partial charge in [0.25, 0.3) is 0 Å². The summed E-state index contributed by atoms with van der Waals surface area (Å²) in [6, 6.07) is 16.0. The highest BCUT2D eigenvalue weighted by Gasteiger charge is 2.26. The Morgan fingerprint density at radius 1 is 1.15 bits per heavy atom. The van der Waals surface area contributed by atoms with E-state index < -0.39 is 5.66 Å². The van der Waals surface area contributed by atoms with Crippen LogP contribution in [-0.2, 0) is 0 Å². The van der Waals surface area contributed by atoms with E-state index in [2.05, 4.69) is 15.6 Å². The first-order valence-electron chi connectivity index (χ1n) is 8.56. The van der Waals surface area contributed by atoms with Crippen LogP contribution < -0.4 is 21.1 Å². The van der Waals surface area contributed by atoms with Gasteiger partial charge in [-0.2, -0.15) is 0 Å². The summed E-state index contributed by atoms with van der Waals surface area (Å²) in [4.78, 5) is 4.66. The van der Waals surface area contributed by atoms with Crippen molar-refractivity contribution in [3.05, 3.63) is 78.3 Å². The van der Waals surface area contributed by atoms with Crippen LogP contribution in [0.1, 0.15) is 24.9 Å². The molecule has 5 nitrogen and oxygen atoms in total. The molecule has 0 saturated heterocycles. The van der Waals surface area contributed by atoms with Gasteiger partial charge in [0.2, 0.25) is 0 Å². The van der Waals surface area contributed by atoms with Crippen molar-refractivity contribution in [3.8, 4) is 5.75 Å². The summed E-state index contributed by atoms with van der Waals surface area (Å²) >= 11 is 0. The number of nitrogens with two attached hydrogens (primary N) is 1. The average molecular weight is 354 g/mol. The highest BCUT2D eigenvalue weighted by Crippen LogP contribution is 2.17. The minimum absolute atomic E-state index is 0.00239. The van der Waals surface area contributed by atoms with E-state index in [4.69, 9.17) is 10.5 Å². The van der Waals surface area contributed by atoms with Crippen LogP contribution in [0.5, 0.6) is 5.75 Å². The van der Waals surface area contributed by atoms with E-state index in [1.165, 1.54) is 12.1 Å². The van der Waals surface area contributed by atoms with Gasteiger partial charge in [0.05, 0.1) is 12.6 Å². The van der Waals surface area contributed by atoms with Crippen molar-refractivity contribution in [1.29, 1.82) is 0 Å². The maximum absolute atomic E-state index is 12.9. The van der Waals surface area contributed by atoms with Crippen molar-refractivity contribution >= 4 is 5.96 Å². The fraction of sp³-hybridized carbons (Fsp3) is 0.250. The van der Waals surface area contributed by atoms with Crippen LogP contribution in [0, 0.1) is 5.82 Å². The second-order valence-corrected chi connectivity index (χ2v) is 6.26. The highest BCUT2D eigenvalue weighted by atomic mass is 19.1. The SMILES string of the molecule is CC(N=C1NC=CC(N)(CCOc2ccc(F)cc2)N1)c1ccccc1. The standard InChI is InChI=1S/C20H23FN4O/c1-15(16-5-3-2-4-6-16)24-19-23-13-11-20(22,25-19)12-14-26-18-9-7-17(21)8-10-18/h2-11,13,15H,12,14,22H2,1H3,(H2,23,24,25). The Balaban J connectivity index is 1.58. The Morgan fingerprint density at radius 2 is 1.88 bits per heavy atom. The van der Waals surface area contributed by atoms with E-state index in [9.17, 15) is 4.39 Å². The van der Waals surface area contributed by atoms with Crippen molar-refractivity contribution < 1.29 is 9.13 Å². The summed E-state index contributed by atoms with van der Waals surface area (Å²) < 4.78 is 18.5. The Kier molecular flexibility index (Phi) is 5.53. The highest BCUT2D eigenvalue weighted by molar-refractivity contribution is 5.83. The molecule has 3 rings (SSSR count). The van der Waals surface area contributed by atoms with E-state index in [-0.39, 0.29) is 11.9 Å². The molecule has 0 aliphatic carbocycles. The van der Waals surface area contributed by atoms with Crippen LogP contribution in [0.15, 0.2) is 71.9 Å². The summed E-state index contributed by atoms with van der Waals surface area (Å²) in [5.41, 5.74) is 6.76. The predicted octanol–water partition coefficient (Wildman–Crippen LogP) is 3.07. The van der Waals surface area contributed by atoms with Gasteiger partial charge in [0.15, 0.2) is 5.96 Å². The molecule has 2 unspecified atom stereocenters. The Hall–Kier alpha value is -2.86. The van der Waals surface area contributed by atoms with Crippen LogP contribution in [0.25, 0.3) is 0 Å². The number of halogens is 1. The molecule has 2 aromatic rings. The molecule has 26 heavy (non-hydrogen) atoms. The molecule has 0 fully saturated rings. The molecule has 0 bridgehead atoms. The van der Waals surface area contributed by atoms with Gasteiger partial charge in [0, 0.05) is 12.6 Å². The maximum Gasteiger partial charge on any atom is 0.197 e. The number of ether oxygens (including phenoxy) is 1. The Morgan fingerprint density at radius 3 is 2.62 bits per heavy atom. The minimum Gasteiger partial charge on any atom is -0.493 e. The van der Waals surface area contributed by atoms with Crippen LogP contribution in [0.4, 0.5) is 4.39 Å². The molecule has 2 atom stereocenters. The van der Waals surface area contributed by atoms with Crippen molar-refractivity contribution in [2.24, 2.45) is 10.7 Å². The molecule has 4 N–H and O–H groups in total. The number of guanidine groups is 1. The molecular formula is C20H23FN4O. The first-order valence-corrected chi connectivity index (χ1v) is 8.56. The number of hydrogen-bond acceptors (Lipinski definition) is 3. The summed E-state index contributed by atoms with van der Waals surface area (Å²) in [6.45, 7) is 2.42. The van der Waals surface area contributed by atoms with E-state index in [1.807, 2.05) is 43.3 Å². The van der Waals surface area contributed by atoms with Gasteiger partial charge in [-0.05, 0) is 42.8 Å². The number of hydrogen-bond donors (Lipinski definition) is 3. The lowest BCUT2D eigenvalue weighted by Crippen LogP contribution is -2.60. The zero-order valence-electron chi connectivity index (χ0n) is 14.7. The van der Waals surface area contributed by atoms with Gasteiger partial charge in [-0.1, -0.05) is 30.3 Å². The third-order valence-corrected chi connectivity index (χ3v) is 4.15. The summed E-state index contributed by atoms with van der Waals surface area (Å²) in [6.07, 6.45) is 4.15. The van der Waals surface area contributed by atoms with Crippen molar-refractivity contribution in [1.82, 2.24) is 10.6 Å². The maximum atomic E-state index is 12.9. The van der Waals surface area contributed by atoms with E-state index >= 15 is 0 Å². The molecule has 1 heterocycles. The predicted molar refractivity (Wildman–Crippen MR) is 101 cm³/mol.